The molecule has 1 aromatic heterocycles. The highest BCUT2D eigenvalue weighted by Crippen LogP contribution is 2.16. The summed E-state index contributed by atoms with van der Waals surface area (Å²) in [5, 5.41) is 6.72. The molecule has 100 valence electrons. The first-order valence-electron chi connectivity index (χ1n) is 5.53. The molecule has 1 N–H and O–H groups in total. The zero-order chi connectivity index (χ0) is 13.9. The molecular formula is C11H15Br2N3O2. The molecule has 7 heteroatoms. The van der Waals surface area contributed by atoms with Crippen LogP contribution in [0.2, 0.25) is 0 Å². The Bertz CT molecular complexity index is 500. The number of hydrogen-bond acceptors (Lipinski definition) is 3. The number of hydrogen-bond donors (Lipinski definition) is 1. The van der Waals surface area contributed by atoms with Crippen LogP contribution in [-0.4, -0.2) is 21.7 Å². The van der Waals surface area contributed by atoms with E-state index in [4.69, 9.17) is 0 Å². The molecule has 0 bridgehead atoms. The Balaban J connectivity index is 2.77. The second kappa shape index (κ2) is 6.47. The van der Waals surface area contributed by atoms with Crippen LogP contribution in [0.4, 0.5) is 0 Å². The summed E-state index contributed by atoms with van der Waals surface area (Å²) in [5.41, 5.74) is -0.336. The third-order valence-corrected chi connectivity index (χ3v) is 4.52. The zero-order valence-corrected chi connectivity index (χ0v) is 13.6. The monoisotopic (exact) mass is 379 g/mol. The molecule has 0 spiro atoms. The van der Waals surface area contributed by atoms with Gasteiger partial charge in [0.05, 0.1) is 10.7 Å². The summed E-state index contributed by atoms with van der Waals surface area (Å²) in [7, 11) is 0. The highest BCUT2D eigenvalue weighted by atomic mass is 79.9. The minimum absolute atomic E-state index is 0.0621. The van der Waals surface area contributed by atoms with Crippen LogP contribution in [0, 0.1) is 5.92 Å². The quantitative estimate of drug-likeness (QED) is 0.867. The van der Waals surface area contributed by atoms with E-state index in [0.717, 1.165) is 4.68 Å². The van der Waals surface area contributed by atoms with Crippen molar-refractivity contribution in [3.8, 4) is 0 Å². The van der Waals surface area contributed by atoms with Crippen LogP contribution in [0.15, 0.2) is 19.9 Å². The molecule has 0 saturated carbocycles. The molecule has 1 atom stereocenters. The van der Waals surface area contributed by atoms with E-state index in [1.807, 2.05) is 20.8 Å². The maximum absolute atomic E-state index is 11.8. The lowest BCUT2D eigenvalue weighted by atomic mass is 10.1. The van der Waals surface area contributed by atoms with E-state index in [-0.39, 0.29) is 24.1 Å². The molecule has 5 nitrogen and oxygen atoms in total. The van der Waals surface area contributed by atoms with Crippen LogP contribution >= 0.6 is 31.9 Å². The smallest absolute Gasteiger partial charge is 0.282 e. The third-order valence-electron chi connectivity index (χ3n) is 2.62. The van der Waals surface area contributed by atoms with Gasteiger partial charge in [0.1, 0.15) is 11.0 Å². The number of nitrogens with zero attached hydrogens (tertiary/aromatic N) is 2. The Hall–Kier alpha value is -0.690. The van der Waals surface area contributed by atoms with Crippen LogP contribution in [-0.2, 0) is 11.3 Å². The normalized spacial score (nSPS) is 12.6. The minimum atomic E-state index is -0.336. The molecule has 1 amide bonds. The molecule has 0 fully saturated rings. The maximum atomic E-state index is 11.8. The molecule has 1 rings (SSSR count). The van der Waals surface area contributed by atoms with Gasteiger partial charge >= 0.3 is 0 Å². The fraction of sp³-hybridized carbons (Fsp3) is 0.545. The molecule has 0 saturated heterocycles. The van der Waals surface area contributed by atoms with Gasteiger partial charge in [0.15, 0.2) is 0 Å². The summed E-state index contributed by atoms with van der Waals surface area (Å²) in [5.74, 6) is 0.121. The SMILES string of the molecule is CC(C)C(C)NC(=O)Cn1ncc(Br)c(Br)c1=O. The van der Waals surface area contributed by atoms with Crippen molar-refractivity contribution >= 4 is 37.8 Å². The van der Waals surface area contributed by atoms with E-state index in [0.29, 0.717) is 14.9 Å². The molecule has 0 aliphatic carbocycles. The maximum Gasteiger partial charge on any atom is 0.282 e. The van der Waals surface area contributed by atoms with Gasteiger partial charge < -0.3 is 5.32 Å². The van der Waals surface area contributed by atoms with Gasteiger partial charge in [-0.2, -0.15) is 5.10 Å². The fourth-order valence-corrected chi connectivity index (χ4v) is 1.73. The topological polar surface area (TPSA) is 64.0 Å². The van der Waals surface area contributed by atoms with Crippen molar-refractivity contribution in [3.63, 3.8) is 0 Å². The average molecular weight is 381 g/mol. The lowest BCUT2D eigenvalue weighted by Crippen LogP contribution is -2.40. The van der Waals surface area contributed by atoms with Crippen LogP contribution in [0.1, 0.15) is 20.8 Å². The van der Waals surface area contributed by atoms with Crippen LogP contribution in [0.25, 0.3) is 0 Å². The first kappa shape index (κ1) is 15.4. The van der Waals surface area contributed by atoms with E-state index in [1.165, 1.54) is 6.20 Å². The van der Waals surface area contributed by atoms with E-state index in [2.05, 4.69) is 42.3 Å². The molecule has 0 aliphatic heterocycles. The van der Waals surface area contributed by atoms with Crippen molar-refractivity contribution in [2.75, 3.05) is 0 Å². The van der Waals surface area contributed by atoms with Crippen LogP contribution in [0.5, 0.6) is 0 Å². The molecule has 1 heterocycles. The molecular weight excluding hydrogens is 366 g/mol. The van der Waals surface area contributed by atoms with Gasteiger partial charge in [-0.15, -0.1) is 0 Å². The number of halogens is 2. The fourth-order valence-electron chi connectivity index (χ4n) is 1.16. The minimum Gasteiger partial charge on any atom is -0.352 e. The van der Waals surface area contributed by atoms with Crippen LogP contribution < -0.4 is 10.9 Å². The Morgan fingerprint density at radius 2 is 2.06 bits per heavy atom. The van der Waals surface area contributed by atoms with Crippen molar-refractivity contribution in [1.29, 1.82) is 0 Å². The van der Waals surface area contributed by atoms with E-state index < -0.39 is 0 Å². The summed E-state index contributed by atoms with van der Waals surface area (Å²) < 4.78 is 2.05. The lowest BCUT2D eigenvalue weighted by Gasteiger charge is -2.17. The highest BCUT2D eigenvalue weighted by molar-refractivity contribution is 9.13. The molecule has 0 aromatic carbocycles. The molecule has 18 heavy (non-hydrogen) atoms. The summed E-state index contributed by atoms with van der Waals surface area (Å²) in [6.45, 7) is 5.88. The van der Waals surface area contributed by atoms with Gasteiger partial charge in [0.25, 0.3) is 5.56 Å². The first-order chi connectivity index (χ1) is 8.32. The largest absolute Gasteiger partial charge is 0.352 e. The Morgan fingerprint density at radius 3 is 2.61 bits per heavy atom. The standard InChI is InChI=1S/C11H15Br2N3O2/c1-6(2)7(3)15-9(17)5-16-11(18)10(13)8(12)4-14-16/h4,6-7H,5H2,1-3H3,(H,15,17). The van der Waals surface area contributed by atoms with Gasteiger partial charge in [-0.25, -0.2) is 4.68 Å². The summed E-state index contributed by atoms with van der Waals surface area (Å²) >= 11 is 6.32. The molecule has 1 unspecified atom stereocenters. The highest BCUT2D eigenvalue weighted by Gasteiger charge is 2.13. The molecule has 1 aromatic rings. The second-order valence-corrected chi connectivity index (χ2v) is 6.02. The third kappa shape index (κ3) is 3.91. The lowest BCUT2D eigenvalue weighted by molar-refractivity contribution is -0.122. The van der Waals surface area contributed by atoms with Crippen molar-refractivity contribution in [1.82, 2.24) is 15.1 Å². The van der Waals surface area contributed by atoms with Crippen molar-refractivity contribution in [3.05, 3.63) is 25.5 Å². The Labute approximate surface area is 122 Å². The van der Waals surface area contributed by atoms with Crippen molar-refractivity contribution in [2.45, 2.75) is 33.4 Å². The first-order valence-corrected chi connectivity index (χ1v) is 7.12. The van der Waals surface area contributed by atoms with Crippen molar-refractivity contribution < 1.29 is 4.79 Å². The molecule has 0 aliphatic rings. The molecule has 0 radical (unpaired) electrons. The van der Waals surface area contributed by atoms with Crippen LogP contribution in [0.3, 0.4) is 0 Å². The summed E-state index contributed by atoms with van der Waals surface area (Å²) in [6, 6.07) is 0.0621. The number of carbonyl (C=O) groups excluding carboxylic acids is 1. The Kier molecular flexibility index (Phi) is 5.52. The number of amides is 1. The van der Waals surface area contributed by atoms with E-state index in [1.54, 1.807) is 0 Å². The predicted octanol–water partition coefficient (Wildman–Crippen LogP) is 1.93. The number of rotatable bonds is 4. The van der Waals surface area contributed by atoms with Gasteiger partial charge in [-0.05, 0) is 44.7 Å². The van der Waals surface area contributed by atoms with Gasteiger partial charge in [0, 0.05) is 6.04 Å². The second-order valence-electron chi connectivity index (χ2n) is 4.37. The number of carbonyl (C=O) groups is 1. The van der Waals surface area contributed by atoms with Gasteiger partial charge in [0.2, 0.25) is 5.91 Å². The Morgan fingerprint density at radius 1 is 1.44 bits per heavy atom. The summed E-state index contributed by atoms with van der Waals surface area (Å²) in [6.07, 6.45) is 1.48. The average Bonchev–Trinajstić information content (AvgIpc) is 2.29. The zero-order valence-electron chi connectivity index (χ0n) is 10.4. The van der Waals surface area contributed by atoms with Gasteiger partial charge in [-0.3, -0.25) is 9.59 Å². The van der Waals surface area contributed by atoms with E-state index in [9.17, 15) is 9.59 Å². The van der Waals surface area contributed by atoms with Gasteiger partial charge in [-0.1, -0.05) is 13.8 Å². The number of nitrogens with one attached hydrogen (secondary N) is 1. The van der Waals surface area contributed by atoms with Crippen molar-refractivity contribution in [2.24, 2.45) is 5.92 Å². The van der Waals surface area contributed by atoms with E-state index >= 15 is 0 Å². The number of aromatic nitrogens is 2. The predicted molar refractivity (Wildman–Crippen MR) is 76.3 cm³/mol. The summed E-state index contributed by atoms with van der Waals surface area (Å²) in [4.78, 5) is 23.5.